The Bertz CT molecular complexity index is 1040. The molecule has 0 unspecified atom stereocenters. The van der Waals surface area contributed by atoms with Crippen LogP contribution in [-0.2, 0) is 5.75 Å². The molecule has 9 heteroatoms. The van der Waals surface area contributed by atoms with Crippen molar-refractivity contribution < 1.29 is 8.91 Å². The van der Waals surface area contributed by atoms with Gasteiger partial charge in [-0.3, -0.25) is 4.57 Å². The van der Waals surface area contributed by atoms with Crippen LogP contribution in [0.2, 0.25) is 0 Å². The maximum absolute atomic E-state index is 13.8. The van der Waals surface area contributed by atoms with Crippen molar-refractivity contribution in [1.82, 2.24) is 24.9 Å². The number of piperidine rings is 1. The van der Waals surface area contributed by atoms with E-state index in [-0.39, 0.29) is 5.82 Å². The van der Waals surface area contributed by atoms with Crippen molar-refractivity contribution in [2.75, 3.05) is 18.0 Å². The second-order valence-corrected chi connectivity index (χ2v) is 9.26. The fourth-order valence-corrected chi connectivity index (χ4v) is 4.57. The molecule has 0 bridgehead atoms. The minimum atomic E-state index is -0.273. The Kier molecular flexibility index (Phi) is 5.22. The number of hydrogen-bond acceptors (Lipinski definition) is 7. The largest absolute Gasteiger partial charge is 0.341 e. The fourth-order valence-electron chi connectivity index (χ4n) is 3.73. The number of anilines is 1. The molecular weight excluding hydrogens is 403 g/mol. The average Bonchev–Trinajstić information content (AvgIpc) is 3.31. The number of thioether (sulfide) groups is 1. The standard InChI is InChI=1S/C21H25FN6OS/c1-13-7-9-27(10-8-13)20-24-25-21(28(20)16-5-6-16)30-12-18-23-19(26-29-18)15-4-3-14(2)17(22)11-15/h3-4,11,13,16H,5-10,12H2,1-2H3. The van der Waals surface area contributed by atoms with Gasteiger partial charge < -0.3 is 9.42 Å². The fraction of sp³-hybridized carbons (Fsp3) is 0.524. The van der Waals surface area contributed by atoms with Gasteiger partial charge in [-0.25, -0.2) is 4.39 Å². The molecule has 0 amide bonds. The Balaban J connectivity index is 1.30. The molecule has 7 nitrogen and oxygen atoms in total. The zero-order valence-electron chi connectivity index (χ0n) is 17.2. The zero-order chi connectivity index (χ0) is 20.7. The first-order valence-electron chi connectivity index (χ1n) is 10.5. The average molecular weight is 429 g/mol. The maximum Gasteiger partial charge on any atom is 0.237 e. The van der Waals surface area contributed by atoms with E-state index in [1.54, 1.807) is 30.8 Å². The van der Waals surface area contributed by atoms with Gasteiger partial charge in [0, 0.05) is 24.7 Å². The molecule has 1 aliphatic heterocycles. The van der Waals surface area contributed by atoms with Gasteiger partial charge in [0.25, 0.3) is 0 Å². The lowest BCUT2D eigenvalue weighted by atomic mass is 10.00. The summed E-state index contributed by atoms with van der Waals surface area (Å²) in [5.41, 5.74) is 1.21. The Morgan fingerprint density at radius 3 is 2.70 bits per heavy atom. The van der Waals surface area contributed by atoms with Crippen LogP contribution in [0.5, 0.6) is 0 Å². The molecule has 0 spiro atoms. The van der Waals surface area contributed by atoms with Crippen molar-refractivity contribution >= 4 is 17.7 Å². The van der Waals surface area contributed by atoms with Crippen LogP contribution in [-0.4, -0.2) is 38.0 Å². The first-order chi connectivity index (χ1) is 14.6. The van der Waals surface area contributed by atoms with Crippen LogP contribution >= 0.6 is 11.8 Å². The summed E-state index contributed by atoms with van der Waals surface area (Å²) in [6, 6.07) is 5.45. The Labute approximate surface area is 179 Å². The van der Waals surface area contributed by atoms with E-state index in [0.29, 0.717) is 34.6 Å². The zero-order valence-corrected chi connectivity index (χ0v) is 18.0. The molecule has 1 aliphatic carbocycles. The molecule has 158 valence electrons. The molecule has 0 N–H and O–H groups in total. The predicted octanol–water partition coefficient (Wildman–Crippen LogP) is 4.64. The van der Waals surface area contributed by atoms with Gasteiger partial charge in [0.1, 0.15) is 5.82 Å². The SMILES string of the molecule is Cc1ccc(-c2noc(CSc3nnc(N4CCC(C)CC4)n3C3CC3)n2)cc1F. The van der Waals surface area contributed by atoms with Crippen LogP contribution < -0.4 is 4.90 Å². The Morgan fingerprint density at radius 2 is 1.97 bits per heavy atom. The normalized spacial score (nSPS) is 17.6. The third-order valence-corrected chi connectivity index (χ3v) is 6.78. The molecule has 1 saturated heterocycles. The van der Waals surface area contributed by atoms with Crippen molar-refractivity contribution in [3.05, 3.63) is 35.5 Å². The van der Waals surface area contributed by atoms with Gasteiger partial charge in [0.05, 0.1) is 5.75 Å². The monoisotopic (exact) mass is 428 g/mol. The highest BCUT2D eigenvalue weighted by molar-refractivity contribution is 7.98. The van der Waals surface area contributed by atoms with Crippen molar-refractivity contribution in [3.8, 4) is 11.4 Å². The quantitative estimate of drug-likeness (QED) is 0.530. The molecule has 0 radical (unpaired) electrons. The van der Waals surface area contributed by atoms with Crippen molar-refractivity contribution in [2.45, 2.75) is 56.5 Å². The molecular formula is C21H25FN6OS. The first-order valence-corrected chi connectivity index (χ1v) is 11.5. The molecule has 5 rings (SSSR count). The second kappa shape index (κ2) is 8.02. The number of nitrogens with zero attached hydrogens (tertiary/aromatic N) is 6. The van der Waals surface area contributed by atoms with E-state index in [9.17, 15) is 4.39 Å². The van der Waals surface area contributed by atoms with Gasteiger partial charge >= 0.3 is 0 Å². The lowest BCUT2D eigenvalue weighted by Gasteiger charge is -2.31. The molecule has 1 saturated carbocycles. The number of hydrogen-bond donors (Lipinski definition) is 0. The van der Waals surface area contributed by atoms with E-state index >= 15 is 0 Å². The topological polar surface area (TPSA) is 72.9 Å². The van der Waals surface area contributed by atoms with Gasteiger partial charge in [-0.2, -0.15) is 4.98 Å². The van der Waals surface area contributed by atoms with Crippen LogP contribution in [0, 0.1) is 18.7 Å². The Morgan fingerprint density at radius 1 is 1.17 bits per heavy atom. The highest BCUT2D eigenvalue weighted by Crippen LogP contribution is 2.42. The van der Waals surface area contributed by atoms with Gasteiger partial charge in [-0.15, -0.1) is 10.2 Å². The van der Waals surface area contributed by atoms with Gasteiger partial charge in [0.15, 0.2) is 5.16 Å². The van der Waals surface area contributed by atoms with Crippen molar-refractivity contribution in [3.63, 3.8) is 0 Å². The predicted molar refractivity (Wildman–Crippen MR) is 113 cm³/mol. The van der Waals surface area contributed by atoms with Gasteiger partial charge in [-0.05, 0) is 50.2 Å². The third kappa shape index (κ3) is 3.95. The summed E-state index contributed by atoms with van der Waals surface area (Å²) in [7, 11) is 0. The lowest BCUT2D eigenvalue weighted by molar-refractivity contribution is 0.391. The van der Waals surface area contributed by atoms with E-state index in [0.717, 1.165) is 30.1 Å². The smallest absolute Gasteiger partial charge is 0.237 e. The van der Waals surface area contributed by atoms with Gasteiger partial charge in [0.2, 0.25) is 17.7 Å². The highest BCUT2D eigenvalue weighted by Gasteiger charge is 2.32. The molecule has 3 aromatic rings. The summed E-state index contributed by atoms with van der Waals surface area (Å²) < 4.78 is 21.5. The van der Waals surface area contributed by atoms with E-state index in [1.807, 2.05) is 0 Å². The van der Waals surface area contributed by atoms with Crippen LogP contribution in [0.1, 0.15) is 50.1 Å². The minimum absolute atomic E-state index is 0.273. The van der Waals surface area contributed by atoms with Crippen LogP contribution in [0.4, 0.5) is 10.3 Å². The maximum atomic E-state index is 13.8. The molecule has 2 fully saturated rings. The molecule has 2 aromatic heterocycles. The first kappa shape index (κ1) is 19.5. The van der Waals surface area contributed by atoms with E-state index in [1.165, 1.54) is 31.7 Å². The van der Waals surface area contributed by atoms with E-state index in [4.69, 9.17) is 4.52 Å². The number of aromatic nitrogens is 5. The molecule has 1 aromatic carbocycles. The molecule has 2 aliphatic rings. The minimum Gasteiger partial charge on any atom is -0.341 e. The summed E-state index contributed by atoms with van der Waals surface area (Å²) in [5.74, 6) is 2.90. The van der Waals surface area contributed by atoms with Gasteiger partial charge in [-0.1, -0.05) is 36.0 Å². The van der Waals surface area contributed by atoms with E-state index < -0.39 is 0 Å². The second-order valence-electron chi connectivity index (χ2n) is 8.32. The summed E-state index contributed by atoms with van der Waals surface area (Å²) in [5, 5.41) is 13.9. The summed E-state index contributed by atoms with van der Waals surface area (Å²) in [6.45, 7) is 6.12. The number of halogens is 1. The summed E-state index contributed by atoms with van der Waals surface area (Å²) in [4.78, 5) is 6.80. The van der Waals surface area contributed by atoms with Crippen LogP contribution in [0.15, 0.2) is 27.9 Å². The lowest BCUT2D eigenvalue weighted by Crippen LogP contribution is -2.34. The third-order valence-electron chi connectivity index (χ3n) is 5.85. The number of aryl methyl sites for hydroxylation is 1. The van der Waals surface area contributed by atoms with Crippen molar-refractivity contribution in [2.24, 2.45) is 5.92 Å². The summed E-state index contributed by atoms with van der Waals surface area (Å²) >= 11 is 1.56. The Hall–Kier alpha value is -2.42. The van der Waals surface area contributed by atoms with E-state index in [2.05, 4.69) is 36.7 Å². The highest BCUT2D eigenvalue weighted by atomic mass is 32.2. The van der Waals surface area contributed by atoms with Crippen LogP contribution in [0.3, 0.4) is 0 Å². The molecule has 0 atom stereocenters. The molecule has 30 heavy (non-hydrogen) atoms. The number of rotatable bonds is 6. The summed E-state index contributed by atoms with van der Waals surface area (Å²) in [6.07, 6.45) is 4.74. The number of benzene rings is 1. The van der Waals surface area contributed by atoms with Crippen LogP contribution in [0.25, 0.3) is 11.4 Å². The van der Waals surface area contributed by atoms with Crippen molar-refractivity contribution in [1.29, 1.82) is 0 Å². The molecule has 3 heterocycles.